The van der Waals surface area contributed by atoms with Crippen molar-refractivity contribution in [3.8, 4) is 0 Å². The van der Waals surface area contributed by atoms with Gasteiger partial charge in [0.15, 0.2) is 5.96 Å². The minimum absolute atomic E-state index is 0.192. The van der Waals surface area contributed by atoms with Gasteiger partial charge in [-0.15, -0.1) is 0 Å². The first kappa shape index (κ1) is 14.3. The normalized spacial score (nSPS) is 10.7. The summed E-state index contributed by atoms with van der Waals surface area (Å²) < 4.78 is 27.5. The largest absolute Gasteiger partial charge is 0.370 e. The van der Waals surface area contributed by atoms with Gasteiger partial charge >= 0.3 is 16.1 Å². The van der Waals surface area contributed by atoms with Crippen LogP contribution in [0.3, 0.4) is 0 Å². The Kier molecular flexibility index (Phi) is 4.51. The van der Waals surface area contributed by atoms with Crippen LogP contribution in [0.25, 0.3) is 0 Å². The molecule has 0 bridgehead atoms. The minimum atomic E-state index is -4.18. The average molecular weight is 292 g/mol. The van der Waals surface area contributed by atoms with Crippen molar-refractivity contribution in [3.05, 3.63) is 29.3 Å². The summed E-state index contributed by atoms with van der Waals surface area (Å²) in [6.07, 6.45) is 0. The van der Waals surface area contributed by atoms with E-state index >= 15 is 0 Å². The molecule has 0 radical (unpaired) electrons. The Morgan fingerprint density at radius 3 is 2.44 bits per heavy atom. The zero-order valence-electron chi connectivity index (χ0n) is 9.01. The van der Waals surface area contributed by atoms with Gasteiger partial charge in [-0.25, -0.2) is 4.79 Å². The lowest BCUT2D eigenvalue weighted by molar-refractivity contribution is -0.132. The van der Waals surface area contributed by atoms with E-state index in [1.54, 1.807) is 0 Å². The maximum atomic E-state index is 11.6. The van der Waals surface area contributed by atoms with Crippen molar-refractivity contribution in [2.75, 3.05) is 6.54 Å². The summed E-state index contributed by atoms with van der Waals surface area (Å²) in [5.74, 6) is -1.53. The molecule has 0 heterocycles. The van der Waals surface area contributed by atoms with Gasteiger partial charge in [-0.3, -0.25) is 5.41 Å². The van der Waals surface area contributed by atoms with Crippen LogP contribution < -0.4 is 11.1 Å². The maximum Gasteiger partial charge on any atom is 0.341 e. The second-order valence-corrected chi connectivity index (χ2v) is 5.11. The van der Waals surface area contributed by atoms with Gasteiger partial charge < -0.3 is 15.2 Å². The third kappa shape index (κ3) is 4.22. The van der Waals surface area contributed by atoms with Crippen LogP contribution in [0.15, 0.2) is 29.2 Å². The smallest absolute Gasteiger partial charge is 0.341 e. The minimum Gasteiger partial charge on any atom is -0.370 e. The van der Waals surface area contributed by atoms with Crippen molar-refractivity contribution < 1.29 is 17.4 Å². The molecule has 4 N–H and O–H groups in total. The first-order valence-electron chi connectivity index (χ1n) is 4.62. The zero-order chi connectivity index (χ0) is 13.8. The second-order valence-electron chi connectivity index (χ2n) is 3.13. The fourth-order valence-corrected chi connectivity index (χ4v) is 1.96. The van der Waals surface area contributed by atoms with Crippen LogP contribution in [0.5, 0.6) is 0 Å². The Labute approximate surface area is 109 Å². The molecule has 1 rings (SSSR count). The van der Waals surface area contributed by atoms with Gasteiger partial charge in [0.05, 0.1) is 0 Å². The molecule has 98 valence electrons. The van der Waals surface area contributed by atoms with E-state index in [0.717, 1.165) is 0 Å². The summed E-state index contributed by atoms with van der Waals surface area (Å²) in [6.45, 7) is -0.512. The lowest BCUT2D eigenvalue weighted by Gasteiger charge is -2.06. The Balaban J connectivity index is 2.73. The lowest BCUT2D eigenvalue weighted by Crippen LogP contribution is -2.35. The highest BCUT2D eigenvalue weighted by Crippen LogP contribution is 2.16. The molecule has 0 aliphatic rings. The molecule has 0 unspecified atom stereocenters. The molecule has 7 nitrogen and oxygen atoms in total. The number of nitrogens with one attached hydrogen (secondary N) is 2. The summed E-state index contributed by atoms with van der Waals surface area (Å²) >= 11 is 5.60. The number of carbonyl (C=O) groups is 1. The summed E-state index contributed by atoms with van der Waals surface area (Å²) in [5, 5.41) is 9.29. The Bertz CT molecular complexity index is 556. The lowest BCUT2D eigenvalue weighted by atomic mass is 10.4. The Morgan fingerprint density at radius 2 is 1.94 bits per heavy atom. The summed E-state index contributed by atoms with van der Waals surface area (Å²) in [6, 6.07) is 5.14. The van der Waals surface area contributed by atoms with Crippen LogP contribution in [0.2, 0.25) is 5.02 Å². The molecule has 0 aliphatic carbocycles. The number of guanidine groups is 1. The van der Waals surface area contributed by atoms with Crippen LogP contribution in [0.1, 0.15) is 0 Å². The van der Waals surface area contributed by atoms with E-state index < -0.39 is 28.6 Å². The van der Waals surface area contributed by atoms with E-state index in [0.29, 0.717) is 5.02 Å². The number of hydrogen-bond donors (Lipinski definition) is 3. The van der Waals surface area contributed by atoms with Crippen molar-refractivity contribution in [1.82, 2.24) is 5.32 Å². The van der Waals surface area contributed by atoms with E-state index in [4.69, 9.17) is 22.7 Å². The molecule has 0 amide bonds. The standard InChI is InChI=1S/C9H10ClN3O4S/c10-6-1-3-7(4-2-6)18(15,16)17-8(14)5-13-9(11)12/h1-4H,5H2,(H4,11,12,13). The summed E-state index contributed by atoms with van der Waals surface area (Å²) in [5.41, 5.74) is 4.93. The second kappa shape index (κ2) is 5.69. The van der Waals surface area contributed by atoms with Crippen LogP contribution >= 0.6 is 11.6 Å². The fraction of sp³-hybridized carbons (Fsp3) is 0.111. The van der Waals surface area contributed by atoms with Gasteiger partial charge in [0.1, 0.15) is 11.4 Å². The van der Waals surface area contributed by atoms with Crippen LogP contribution in [-0.4, -0.2) is 26.9 Å². The van der Waals surface area contributed by atoms with Gasteiger partial charge in [0.2, 0.25) is 0 Å². The van der Waals surface area contributed by atoms with Crippen LogP contribution in [0.4, 0.5) is 0 Å². The van der Waals surface area contributed by atoms with Crippen LogP contribution in [-0.2, 0) is 19.1 Å². The van der Waals surface area contributed by atoms with Gasteiger partial charge in [0, 0.05) is 5.02 Å². The Hall–Kier alpha value is -1.80. The van der Waals surface area contributed by atoms with E-state index in [-0.39, 0.29) is 4.90 Å². The number of nitrogens with two attached hydrogens (primary N) is 1. The number of halogens is 1. The van der Waals surface area contributed by atoms with E-state index in [1.807, 2.05) is 0 Å². The van der Waals surface area contributed by atoms with E-state index in [1.165, 1.54) is 24.3 Å². The monoisotopic (exact) mass is 291 g/mol. The van der Waals surface area contributed by atoms with Crippen molar-refractivity contribution in [2.24, 2.45) is 5.73 Å². The van der Waals surface area contributed by atoms with Crippen molar-refractivity contribution in [2.45, 2.75) is 4.90 Å². The molecule has 18 heavy (non-hydrogen) atoms. The van der Waals surface area contributed by atoms with Crippen molar-refractivity contribution in [1.29, 1.82) is 5.41 Å². The maximum absolute atomic E-state index is 11.6. The predicted molar refractivity (Wildman–Crippen MR) is 64.6 cm³/mol. The number of rotatable bonds is 4. The molecule has 0 atom stereocenters. The molecular weight excluding hydrogens is 282 g/mol. The molecule has 0 saturated carbocycles. The highest BCUT2D eigenvalue weighted by Gasteiger charge is 2.19. The molecule has 0 aromatic heterocycles. The number of hydrogen-bond acceptors (Lipinski definition) is 5. The molecule has 0 saturated heterocycles. The van der Waals surface area contributed by atoms with Crippen LogP contribution in [0, 0.1) is 5.41 Å². The third-order valence-corrected chi connectivity index (χ3v) is 3.23. The topological polar surface area (TPSA) is 122 Å². The van der Waals surface area contributed by atoms with Crippen molar-refractivity contribution in [3.63, 3.8) is 0 Å². The summed E-state index contributed by atoms with van der Waals surface area (Å²) in [7, 11) is -4.18. The van der Waals surface area contributed by atoms with E-state index in [9.17, 15) is 13.2 Å². The first-order valence-corrected chi connectivity index (χ1v) is 6.40. The highest BCUT2D eigenvalue weighted by atomic mass is 35.5. The number of carbonyl (C=O) groups excluding carboxylic acids is 1. The SMILES string of the molecule is N=C(N)NCC(=O)OS(=O)(=O)c1ccc(Cl)cc1. The third-order valence-electron chi connectivity index (χ3n) is 1.73. The van der Waals surface area contributed by atoms with Gasteiger partial charge in [-0.1, -0.05) is 11.6 Å². The highest BCUT2D eigenvalue weighted by molar-refractivity contribution is 7.87. The zero-order valence-corrected chi connectivity index (χ0v) is 10.6. The molecule has 9 heteroatoms. The van der Waals surface area contributed by atoms with Crippen molar-refractivity contribution >= 4 is 33.6 Å². The first-order chi connectivity index (χ1) is 8.31. The molecule has 1 aromatic carbocycles. The predicted octanol–water partition coefficient (Wildman–Crippen LogP) is 0.0550. The Morgan fingerprint density at radius 1 is 1.39 bits per heavy atom. The molecule has 0 aliphatic heterocycles. The van der Waals surface area contributed by atoms with Gasteiger partial charge in [0.25, 0.3) is 0 Å². The number of benzene rings is 1. The molecule has 0 spiro atoms. The van der Waals surface area contributed by atoms with Gasteiger partial charge in [-0.05, 0) is 24.3 Å². The molecule has 0 fully saturated rings. The molecule has 1 aromatic rings. The summed E-state index contributed by atoms with van der Waals surface area (Å²) in [4.78, 5) is 11.0. The fourth-order valence-electron chi connectivity index (χ4n) is 0.969. The molecular formula is C9H10ClN3O4S. The van der Waals surface area contributed by atoms with Gasteiger partial charge in [-0.2, -0.15) is 8.42 Å². The quantitative estimate of drug-likeness (QED) is 0.409. The van der Waals surface area contributed by atoms with E-state index in [2.05, 4.69) is 9.50 Å². The average Bonchev–Trinajstić information content (AvgIpc) is 2.26.